The minimum absolute atomic E-state index is 0.123. The molecule has 0 saturated heterocycles. The van der Waals surface area contributed by atoms with Crippen LogP contribution in [0.3, 0.4) is 0 Å². The Labute approximate surface area is 170 Å². The second kappa shape index (κ2) is 7.81. The van der Waals surface area contributed by atoms with Crippen LogP contribution in [-0.2, 0) is 10.8 Å². The molecule has 1 fully saturated rings. The highest BCUT2D eigenvalue weighted by atomic mass is 16.3. The van der Waals surface area contributed by atoms with Crippen molar-refractivity contribution >= 4 is 0 Å². The molecule has 0 spiro atoms. The van der Waals surface area contributed by atoms with Crippen LogP contribution < -0.4 is 0 Å². The van der Waals surface area contributed by atoms with Crippen LogP contribution in [0.4, 0.5) is 0 Å². The summed E-state index contributed by atoms with van der Waals surface area (Å²) in [5.41, 5.74) is 2.93. The summed E-state index contributed by atoms with van der Waals surface area (Å²) in [7, 11) is 0. The van der Waals surface area contributed by atoms with E-state index in [4.69, 9.17) is 0 Å². The van der Waals surface area contributed by atoms with Crippen LogP contribution in [0.5, 0.6) is 11.5 Å². The van der Waals surface area contributed by atoms with Gasteiger partial charge in [-0.3, -0.25) is 0 Å². The number of hydrogen-bond donors (Lipinski definition) is 2. The monoisotopic (exact) mass is 380 g/mol. The molecule has 1 aliphatic carbocycles. The molecule has 2 heteroatoms. The summed E-state index contributed by atoms with van der Waals surface area (Å²) >= 11 is 0. The van der Waals surface area contributed by atoms with E-state index in [1.807, 2.05) is 24.3 Å². The zero-order valence-corrected chi connectivity index (χ0v) is 18.1. The molecule has 152 valence electrons. The first-order valence-electron chi connectivity index (χ1n) is 10.7. The van der Waals surface area contributed by atoms with E-state index in [-0.39, 0.29) is 10.8 Å². The van der Waals surface area contributed by atoms with Crippen LogP contribution in [0.25, 0.3) is 0 Å². The van der Waals surface area contributed by atoms with Crippen LogP contribution in [0, 0.1) is 17.8 Å². The van der Waals surface area contributed by atoms with Crippen LogP contribution in [0.2, 0.25) is 0 Å². The van der Waals surface area contributed by atoms with Gasteiger partial charge in [-0.1, -0.05) is 58.9 Å². The highest BCUT2D eigenvalue weighted by Crippen LogP contribution is 2.49. The normalized spacial score (nSPS) is 31.4. The third-order valence-corrected chi connectivity index (χ3v) is 7.09. The fourth-order valence-corrected chi connectivity index (χ4v) is 5.68. The van der Waals surface area contributed by atoms with Crippen molar-refractivity contribution in [1.82, 2.24) is 0 Å². The van der Waals surface area contributed by atoms with Crippen LogP contribution in [0.15, 0.2) is 48.5 Å². The van der Waals surface area contributed by atoms with Crippen molar-refractivity contribution in [3.8, 4) is 11.5 Å². The number of phenolic OH excluding ortho intramolecular Hbond substituents is 2. The van der Waals surface area contributed by atoms with Crippen molar-refractivity contribution < 1.29 is 10.2 Å². The van der Waals surface area contributed by atoms with Crippen molar-refractivity contribution in [2.24, 2.45) is 17.8 Å². The van der Waals surface area contributed by atoms with E-state index < -0.39 is 0 Å². The second-order valence-corrected chi connectivity index (χ2v) is 10.1. The number of benzene rings is 2. The van der Waals surface area contributed by atoms with E-state index >= 15 is 0 Å². The van der Waals surface area contributed by atoms with E-state index in [2.05, 4.69) is 58.9 Å². The number of phenols is 2. The summed E-state index contributed by atoms with van der Waals surface area (Å²) in [6.45, 7) is 11.9. The summed E-state index contributed by atoms with van der Waals surface area (Å²) in [4.78, 5) is 0. The first kappa shape index (κ1) is 20.8. The van der Waals surface area contributed by atoms with Gasteiger partial charge in [-0.05, 0) is 89.7 Å². The molecule has 3 rings (SSSR count). The van der Waals surface area contributed by atoms with Crippen LogP contribution >= 0.6 is 0 Å². The summed E-state index contributed by atoms with van der Waals surface area (Å²) in [5.74, 6) is 2.50. The average molecular weight is 381 g/mol. The highest BCUT2D eigenvalue weighted by molar-refractivity contribution is 5.34. The van der Waals surface area contributed by atoms with Gasteiger partial charge in [0, 0.05) is 0 Å². The lowest BCUT2D eigenvalue weighted by Crippen LogP contribution is -2.38. The van der Waals surface area contributed by atoms with E-state index in [1.54, 1.807) is 0 Å². The molecule has 0 aromatic heterocycles. The van der Waals surface area contributed by atoms with Gasteiger partial charge in [-0.15, -0.1) is 0 Å². The van der Waals surface area contributed by atoms with Gasteiger partial charge in [0.25, 0.3) is 0 Å². The molecule has 2 N–H and O–H groups in total. The quantitative estimate of drug-likeness (QED) is 0.615. The molecule has 2 atom stereocenters. The molecule has 28 heavy (non-hydrogen) atoms. The Balaban J connectivity index is 1.96. The molecule has 2 aromatic rings. The lowest BCUT2D eigenvalue weighted by molar-refractivity contribution is 0.141. The maximum atomic E-state index is 9.73. The fourth-order valence-electron chi connectivity index (χ4n) is 5.68. The Bertz CT molecular complexity index is 714. The number of rotatable bonds is 3. The van der Waals surface area contributed by atoms with Gasteiger partial charge >= 0.3 is 0 Å². The second-order valence-electron chi connectivity index (χ2n) is 10.1. The first-order valence-corrected chi connectivity index (χ1v) is 10.7. The smallest absolute Gasteiger partial charge is 0.115 e. The highest BCUT2D eigenvalue weighted by Gasteiger charge is 2.41. The van der Waals surface area contributed by atoms with Crippen LogP contribution in [0.1, 0.15) is 71.4 Å². The van der Waals surface area contributed by atoms with Crippen molar-refractivity contribution in [2.75, 3.05) is 0 Å². The zero-order chi connectivity index (χ0) is 20.5. The molecular formula is C26H36O2. The lowest BCUT2D eigenvalue weighted by Gasteiger charge is -2.46. The van der Waals surface area contributed by atoms with Gasteiger partial charge in [0.2, 0.25) is 0 Å². The maximum absolute atomic E-state index is 9.73. The molecule has 1 aliphatic rings. The van der Waals surface area contributed by atoms with E-state index in [0.717, 1.165) is 25.7 Å². The van der Waals surface area contributed by atoms with Gasteiger partial charge < -0.3 is 10.2 Å². The van der Waals surface area contributed by atoms with Gasteiger partial charge in [-0.25, -0.2) is 0 Å². The number of hydrogen-bond acceptors (Lipinski definition) is 2. The van der Waals surface area contributed by atoms with Crippen molar-refractivity contribution in [2.45, 2.75) is 71.1 Å². The Morgan fingerprint density at radius 3 is 1.39 bits per heavy atom. The molecule has 0 heterocycles. The predicted molar refractivity (Wildman–Crippen MR) is 117 cm³/mol. The van der Waals surface area contributed by atoms with E-state index in [1.165, 1.54) is 11.1 Å². The van der Waals surface area contributed by atoms with Gasteiger partial charge in [0.1, 0.15) is 11.5 Å². The first-order chi connectivity index (χ1) is 13.1. The van der Waals surface area contributed by atoms with Gasteiger partial charge in [0.05, 0.1) is 0 Å². The lowest BCUT2D eigenvalue weighted by atomic mass is 9.58. The molecule has 0 aliphatic heterocycles. The SMILES string of the molecule is CC1CC(C)(c2ccc(O)cc2)CC(C(C)C)CC(C)(c2ccc(O)cc2)C1. The zero-order valence-electron chi connectivity index (χ0n) is 18.1. The topological polar surface area (TPSA) is 40.5 Å². The molecular weight excluding hydrogens is 344 g/mol. The molecule has 0 bridgehead atoms. The van der Waals surface area contributed by atoms with Gasteiger partial charge in [0.15, 0.2) is 0 Å². The summed E-state index contributed by atoms with van der Waals surface area (Å²) < 4.78 is 0. The Kier molecular flexibility index (Phi) is 5.79. The maximum Gasteiger partial charge on any atom is 0.115 e. The summed E-state index contributed by atoms with van der Waals surface area (Å²) in [6.07, 6.45) is 4.62. The van der Waals surface area contributed by atoms with Gasteiger partial charge in [-0.2, -0.15) is 0 Å². The van der Waals surface area contributed by atoms with E-state index in [0.29, 0.717) is 29.3 Å². The average Bonchev–Trinajstić information content (AvgIpc) is 2.60. The molecule has 1 saturated carbocycles. The summed E-state index contributed by atoms with van der Waals surface area (Å²) in [6, 6.07) is 15.8. The fraction of sp³-hybridized carbons (Fsp3) is 0.538. The molecule has 2 nitrogen and oxygen atoms in total. The standard InChI is InChI=1S/C26H36O2/c1-18(2)20-16-25(4,21-6-10-23(27)11-7-21)14-19(3)15-26(5,17-20)22-8-12-24(28)13-9-22/h6-13,18-20,27-28H,14-17H2,1-5H3. The van der Waals surface area contributed by atoms with E-state index in [9.17, 15) is 10.2 Å². The largest absolute Gasteiger partial charge is 0.508 e. The Morgan fingerprint density at radius 2 is 1.07 bits per heavy atom. The molecule has 2 unspecified atom stereocenters. The molecule has 0 radical (unpaired) electrons. The summed E-state index contributed by atoms with van der Waals surface area (Å²) in [5, 5.41) is 19.5. The minimum Gasteiger partial charge on any atom is -0.508 e. The molecule has 0 amide bonds. The Hall–Kier alpha value is -1.96. The Morgan fingerprint density at radius 1 is 0.714 bits per heavy atom. The number of aromatic hydroxyl groups is 2. The van der Waals surface area contributed by atoms with Crippen LogP contribution in [-0.4, -0.2) is 10.2 Å². The van der Waals surface area contributed by atoms with Crippen molar-refractivity contribution in [1.29, 1.82) is 0 Å². The minimum atomic E-state index is 0.123. The third-order valence-electron chi connectivity index (χ3n) is 7.09. The predicted octanol–water partition coefficient (Wildman–Crippen LogP) is 6.80. The molecule has 2 aromatic carbocycles. The van der Waals surface area contributed by atoms with Crippen molar-refractivity contribution in [3.05, 3.63) is 59.7 Å². The third kappa shape index (κ3) is 4.37. The van der Waals surface area contributed by atoms with Crippen molar-refractivity contribution in [3.63, 3.8) is 0 Å².